The van der Waals surface area contributed by atoms with Gasteiger partial charge in [0.1, 0.15) is 13.2 Å². The fraction of sp³-hybridized carbons (Fsp3) is 0.333. The molecule has 0 amide bonds. The van der Waals surface area contributed by atoms with Crippen molar-refractivity contribution in [3.05, 3.63) is 58.6 Å². The monoisotopic (exact) mass is 404 g/mol. The van der Waals surface area contributed by atoms with Crippen LogP contribution in [-0.2, 0) is 19.1 Å². The second kappa shape index (κ2) is 8.97. The fourth-order valence-corrected chi connectivity index (χ4v) is 3.34. The van der Waals surface area contributed by atoms with Crippen LogP contribution in [0.4, 0.5) is 0 Å². The molecule has 148 valence electrons. The zero-order valence-corrected chi connectivity index (χ0v) is 16.4. The highest BCUT2D eigenvalue weighted by atomic mass is 35.5. The Bertz CT molecular complexity index is 848. The van der Waals surface area contributed by atoms with Gasteiger partial charge < -0.3 is 18.9 Å². The molecule has 2 aromatic carbocycles. The number of benzene rings is 2. The van der Waals surface area contributed by atoms with Gasteiger partial charge >= 0.3 is 11.9 Å². The maximum absolute atomic E-state index is 12.9. The molecular formula is C21H21ClO6. The average Bonchev–Trinajstić information content (AvgIpc) is 2.72. The summed E-state index contributed by atoms with van der Waals surface area (Å²) in [5, 5.41) is 0.527. The van der Waals surface area contributed by atoms with Crippen molar-refractivity contribution in [1.29, 1.82) is 0 Å². The van der Waals surface area contributed by atoms with Crippen LogP contribution in [0, 0.1) is 0 Å². The van der Waals surface area contributed by atoms with E-state index in [0.717, 1.165) is 0 Å². The van der Waals surface area contributed by atoms with E-state index in [1.807, 2.05) is 0 Å². The molecule has 0 aliphatic carbocycles. The van der Waals surface area contributed by atoms with Crippen LogP contribution in [0.5, 0.6) is 11.5 Å². The molecule has 0 aromatic heterocycles. The number of carbonyl (C=O) groups excluding carboxylic acids is 2. The van der Waals surface area contributed by atoms with Crippen molar-refractivity contribution in [2.75, 3.05) is 26.9 Å². The predicted octanol–water partition coefficient (Wildman–Crippen LogP) is 3.71. The molecule has 2 aromatic rings. The molecule has 7 heteroatoms. The largest absolute Gasteiger partial charge is 0.486 e. The summed E-state index contributed by atoms with van der Waals surface area (Å²) in [7, 11) is 1.29. The number of methoxy groups -OCH3 is 1. The maximum Gasteiger partial charge on any atom is 0.314 e. The third-order valence-electron chi connectivity index (χ3n) is 4.48. The van der Waals surface area contributed by atoms with Crippen LogP contribution in [0.25, 0.3) is 0 Å². The first-order valence-corrected chi connectivity index (χ1v) is 9.32. The number of carbonyl (C=O) groups is 2. The summed E-state index contributed by atoms with van der Waals surface area (Å²) in [5.41, 5.74) is 1.18. The summed E-state index contributed by atoms with van der Waals surface area (Å²) in [5.74, 6) is -1.76. The highest BCUT2D eigenvalue weighted by Gasteiger charge is 2.39. The second-order valence-corrected chi connectivity index (χ2v) is 6.62. The van der Waals surface area contributed by atoms with Crippen molar-refractivity contribution in [3.8, 4) is 11.5 Å². The minimum Gasteiger partial charge on any atom is -0.486 e. The second-order valence-electron chi connectivity index (χ2n) is 6.19. The van der Waals surface area contributed by atoms with Gasteiger partial charge in [0.2, 0.25) is 0 Å². The molecule has 2 unspecified atom stereocenters. The molecule has 28 heavy (non-hydrogen) atoms. The first-order chi connectivity index (χ1) is 13.5. The lowest BCUT2D eigenvalue weighted by molar-refractivity contribution is -0.152. The van der Waals surface area contributed by atoms with Crippen molar-refractivity contribution in [3.63, 3.8) is 0 Å². The number of fused-ring (bicyclic) bond motifs is 1. The van der Waals surface area contributed by atoms with Crippen LogP contribution in [0.15, 0.2) is 42.5 Å². The van der Waals surface area contributed by atoms with E-state index in [9.17, 15) is 9.59 Å². The van der Waals surface area contributed by atoms with Gasteiger partial charge in [-0.15, -0.1) is 0 Å². The smallest absolute Gasteiger partial charge is 0.314 e. The van der Waals surface area contributed by atoms with E-state index in [0.29, 0.717) is 40.9 Å². The van der Waals surface area contributed by atoms with E-state index < -0.39 is 23.8 Å². The van der Waals surface area contributed by atoms with Crippen LogP contribution in [0.3, 0.4) is 0 Å². The van der Waals surface area contributed by atoms with Gasteiger partial charge in [0, 0.05) is 5.02 Å². The Balaban J connectivity index is 2.09. The quantitative estimate of drug-likeness (QED) is 0.683. The first kappa shape index (κ1) is 20.0. The Morgan fingerprint density at radius 3 is 2.21 bits per heavy atom. The molecule has 1 aliphatic rings. The molecular weight excluding hydrogens is 384 g/mol. The molecule has 2 atom stereocenters. The normalized spacial score (nSPS) is 14.7. The number of hydrogen-bond acceptors (Lipinski definition) is 6. The van der Waals surface area contributed by atoms with E-state index >= 15 is 0 Å². The highest BCUT2D eigenvalue weighted by molar-refractivity contribution is 6.30. The summed E-state index contributed by atoms with van der Waals surface area (Å²) in [4.78, 5) is 25.6. The van der Waals surface area contributed by atoms with Crippen LogP contribution < -0.4 is 9.47 Å². The molecule has 0 spiro atoms. The van der Waals surface area contributed by atoms with Crippen LogP contribution in [-0.4, -0.2) is 38.9 Å². The Morgan fingerprint density at radius 1 is 0.964 bits per heavy atom. The van der Waals surface area contributed by atoms with Gasteiger partial charge in [0.15, 0.2) is 11.5 Å². The van der Waals surface area contributed by atoms with Crippen molar-refractivity contribution < 1.29 is 28.5 Å². The minimum atomic E-state index is -0.913. The maximum atomic E-state index is 12.9. The van der Waals surface area contributed by atoms with Crippen LogP contribution in [0.2, 0.25) is 5.02 Å². The van der Waals surface area contributed by atoms with Crippen molar-refractivity contribution in [2.45, 2.75) is 18.8 Å². The lowest BCUT2D eigenvalue weighted by atomic mass is 9.81. The van der Waals surface area contributed by atoms with Gasteiger partial charge in [0.05, 0.1) is 25.6 Å². The summed E-state index contributed by atoms with van der Waals surface area (Å²) in [6.45, 7) is 2.78. The Hall–Kier alpha value is -2.73. The Morgan fingerprint density at radius 2 is 1.57 bits per heavy atom. The van der Waals surface area contributed by atoms with Gasteiger partial charge in [-0.25, -0.2) is 0 Å². The van der Waals surface area contributed by atoms with Crippen molar-refractivity contribution >= 4 is 23.5 Å². The number of rotatable bonds is 6. The molecule has 0 fully saturated rings. The number of hydrogen-bond donors (Lipinski definition) is 0. The van der Waals surface area contributed by atoms with Gasteiger partial charge in [-0.3, -0.25) is 9.59 Å². The minimum absolute atomic E-state index is 0.189. The van der Waals surface area contributed by atoms with Crippen LogP contribution >= 0.6 is 11.6 Å². The average molecular weight is 405 g/mol. The number of halogens is 1. The van der Waals surface area contributed by atoms with E-state index in [4.69, 9.17) is 30.5 Å². The number of esters is 2. The summed E-state index contributed by atoms with van der Waals surface area (Å²) in [6, 6.07) is 11.9. The third kappa shape index (κ3) is 4.22. The topological polar surface area (TPSA) is 71.1 Å². The molecule has 0 saturated heterocycles. The molecule has 0 radical (unpaired) electrons. The molecule has 0 bridgehead atoms. The van der Waals surface area contributed by atoms with Gasteiger partial charge in [0.25, 0.3) is 0 Å². The molecule has 3 rings (SSSR count). The molecule has 0 N–H and O–H groups in total. The molecule has 6 nitrogen and oxygen atoms in total. The van der Waals surface area contributed by atoms with Gasteiger partial charge in [-0.2, -0.15) is 0 Å². The molecule has 1 heterocycles. The summed E-state index contributed by atoms with van der Waals surface area (Å²) in [6.07, 6.45) is 0. The van der Waals surface area contributed by atoms with E-state index in [1.165, 1.54) is 7.11 Å². The lowest BCUT2D eigenvalue weighted by Gasteiger charge is -2.26. The predicted molar refractivity (Wildman–Crippen MR) is 103 cm³/mol. The fourth-order valence-electron chi connectivity index (χ4n) is 3.21. The third-order valence-corrected chi connectivity index (χ3v) is 4.74. The lowest BCUT2D eigenvalue weighted by Crippen LogP contribution is -2.29. The zero-order chi connectivity index (χ0) is 20.1. The highest BCUT2D eigenvalue weighted by Crippen LogP contribution is 2.40. The van der Waals surface area contributed by atoms with Crippen molar-refractivity contribution in [2.24, 2.45) is 0 Å². The SMILES string of the molecule is CCOC(=O)C(c1ccc2c(c1)OCCO2)C(C(=O)OC)c1ccc(Cl)cc1. The first-order valence-electron chi connectivity index (χ1n) is 8.94. The molecule has 0 saturated carbocycles. The Labute approximate surface area is 168 Å². The van der Waals surface area contributed by atoms with Crippen LogP contribution in [0.1, 0.15) is 29.9 Å². The molecule has 1 aliphatic heterocycles. The summed E-state index contributed by atoms with van der Waals surface area (Å²) < 4.78 is 21.5. The zero-order valence-electron chi connectivity index (χ0n) is 15.6. The Kier molecular flexibility index (Phi) is 6.41. The van der Waals surface area contributed by atoms with E-state index in [-0.39, 0.29) is 6.61 Å². The van der Waals surface area contributed by atoms with E-state index in [2.05, 4.69) is 0 Å². The number of ether oxygens (including phenoxy) is 4. The van der Waals surface area contributed by atoms with Gasteiger partial charge in [-0.1, -0.05) is 29.8 Å². The standard InChI is InChI=1S/C21H21ClO6/c1-3-26-21(24)19(14-6-9-16-17(12-14)28-11-10-27-16)18(20(23)25-2)13-4-7-15(22)8-5-13/h4-9,12,18-19H,3,10-11H2,1-2H3. The van der Waals surface area contributed by atoms with Gasteiger partial charge in [-0.05, 0) is 42.3 Å². The summed E-state index contributed by atoms with van der Waals surface area (Å²) >= 11 is 5.98. The van der Waals surface area contributed by atoms with E-state index in [1.54, 1.807) is 49.4 Å². The van der Waals surface area contributed by atoms with Crippen molar-refractivity contribution in [1.82, 2.24) is 0 Å².